The third kappa shape index (κ3) is 5.61. The number of amides is 1. The number of rotatable bonds is 7. The zero-order valence-corrected chi connectivity index (χ0v) is 17.3. The number of nitrogens with zero attached hydrogens (tertiary/aromatic N) is 1. The lowest BCUT2D eigenvalue weighted by atomic mass is 10.0. The van der Waals surface area contributed by atoms with Crippen LogP contribution in [-0.2, 0) is 14.8 Å². The van der Waals surface area contributed by atoms with Gasteiger partial charge in [-0.15, -0.1) is 0 Å². The van der Waals surface area contributed by atoms with Gasteiger partial charge in [0.05, 0.1) is 24.1 Å². The first kappa shape index (κ1) is 21.1. The Morgan fingerprint density at radius 3 is 2.30 bits per heavy atom. The van der Waals surface area contributed by atoms with Crippen molar-refractivity contribution in [2.24, 2.45) is 0 Å². The zero-order valence-electron chi connectivity index (χ0n) is 15.7. The van der Waals surface area contributed by atoms with Crippen LogP contribution in [0.2, 0.25) is 5.02 Å². The molecule has 0 saturated carbocycles. The Hall–Kier alpha value is -2.25. The van der Waals surface area contributed by atoms with Gasteiger partial charge in [0.15, 0.2) is 0 Å². The van der Waals surface area contributed by atoms with E-state index < -0.39 is 15.9 Å². The van der Waals surface area contributed by atoms with E-state index >= 15 is 0 Å². The van der Waals surface area contributed by atoms with Crippen LogP contribution in [0.15, 0.2) is 42.5 Å². The molecule has 0 aliphatic heterocycles. The van der Waals surface area contributed by atoms with Crippen molar-refractivity contribution in [1.82, 2.24) is 0 Å². The molecule has 0 heterocycles. The van der Waals surface area contributed by atoms with Gasteiger partial charge in [-0.2, -0.15) is 0 Å². The molecular formula is C19H23ClN2O4S. The normalized spacial score (nSPS) is 11.3. The van der Waals surface area contributed by atoms with E-state index in [4.69, 9.17) is 16.3 Å². The summed E-state index contributed by atoms with van der Waals surface area (Å²) in [6.07, 6.45) is 1.07. The minimum atomic E-state index is -3.63. The number of ether oxygens (including phenoxy) is 1. The molecule has 1 amide bonds. The van der Waals surface area contributed by atoms with Gasteiger partial charge in [-0.25, -0.2) is 8.42 Å². The Bertz CT molecular complexity index is 912. The summed E-state index contributed by atoms with van der Waals surface area (Å²) >= 11 is 6.04. The Morgan fingerprint density at radius 2 is 1.81 bits per heavy atom. The maximum atomic E-state index is 12.4. The molecule has 0 aromatic heterocycles. The van der Waals surface area contributed by atoms with Crippen LogP contribution in [0.25, 0.3) is 0 Å². The maximum absolute atomic E-state index is 12.4. The number of nitrogens with one attached hydrogen (secondary N) is 1. The monoisotopic (exact) mass is 410 g/mol. The summed E-state index contributed by atoms with van der Waals surface area (Å²) in [5.41, 5.74) is 1.98. The lowest BCUT2D eigenvalue weighted by molar-refractivity contribution is -0.114. The van der Waals surface area contributed by atoms with Gasteiger partial charge in [-0.05, 0) is 41.8 Å². The minimum Gasteiger partial charge on any atom is -0.495 e. The first-order valence-corrected chi connectivity index (χ1v) is 10.6. The van der Waals surface area contributed by atoms with Crippen LogP contribution in [0.1, 0.15) is 25.3 Å². The molecule has 0 aliphatic carbocycles. The quantitative estimate of drug-likeness (QED) is 0.751. The van der Waals surface area contributed by atoms with Crippen LogP contribution in [0, 0.1) is 0 Å². The van der Waals surface area contributed by atoms with Gasteiger partial charge >= 0.3 is 0 Å². The number of methoxy groups -OCH3 is 1. The van der Waals surface area contributed by atoms with Crippen LogP contribution < -0.4 is 14.4 Å². The second kappa shape index (κ2) is 8.63. The van der Waals surface area contributed by atoms with Crippen molar-refractivity contribution in [3.05, 3.63) is 53.1 Å². The lowest BCUT2D eigenvalue weighted by Crippen LogP contribution is -2.37. The summed E-state index contributed by atoms with van der Waals surface area (Å²) in [5, 5.41) is 3.00. The molecule has 2 rings (SSSR count). The van der Waals surface area contributed by atoms with Crippen molar-refractivity contribution in [3.63, 3.8) is 0 Å². The van der Waals surface area contributed by atoms with Gasteiger partial charge in [0, 0.05) is 5.69 Å². The van der Waals surface area contributed by atoms with E-state index in [1.807, 2.05) is 12.1 Å². The van der Waals surface area contributed by atoms with Gasteiger partial charge in [-0.1, -0.05) is 37.6 Å². The van der Waals surface area contributed by atoms with Crippen molar-refractivity contribution >= 4 is 38.9 Å². The Balaban J connectivity index is 2.18. The summed E-state index contributed by atoms with van der Waals surface area (Å²) in [7, 11) is -2.14. The first-order chi connectivity index (χ1) is 12.6. The summed E-state index contributed by atoms with van der Waals surface area (Å²) in [5.74, 6) is 0.334. The summed E-state index contributed by atoms with van der Waals surface area (Å²) in [6, 6.07) is 11.9. The van der Waals surface area contributed by atoms with Crippen LogP contribution in [0.4, 0.5) is 11.4 Å². The number of halogens is 1. The molecule has 2 aromatic carbocycles. The molecule has 27 heavy (non-hydrogen) atoms. The Labute approximate surface area is 165 Å². The molecule has 0 saturated heterocycles. The second-order valence-electron chi connectivity index (χ2n) is 6.41. The smallest absolute Gasteiger partial charge is 0.245 e. The average molecular weight is 411 g/mol. The fourth-order valence-corrected chi connectivity index (χ4v) is 3.61. The topological polar surface area (TPSA) is 75.7 Å². The van der Waals surface area contributed by atoms with E-state index in [0.717, 1.165) is 16.1 Å². The van der Waals surface area contributed by atoms with Crippen LogP contribution >= 0.6 is 11.6 Å². The van der Waals surface area contributed by atoms with Gasteiger partial charge in [0.25, 0.3) is 0 Å². The lowest BCUT2D eigenvalue weighted by Gasteiger charge is -2.22. The van der Waals surface area contributed by atoms with Crippen LogP contribution in [0.5, 0.6) is 5.75 Å². The third-order valence-electron chi connectivity index (χ3n) is 3.97. The molecule has 0 aliphatic rings. The largest absolute Gasteiger partial charge is 0.495 e. The number of hydrogen-bond acceptors (Lipinski definition) is 4. The van der Waals surface area contributed by atoms with E-state index in [2.05, 4.69) is 19.2 Å². The number of benzene rings is 2. The van der Waals surface area contributed by atoms with Crippen LogP contribution in [-0.4, -0.2) is 34.2 Å². The fraction of sp³-hybridized carbons (Fsp3) is 0.316. The molecule has 8 heteroatoms. The first-order valence-electron chi connectivity index (χ1n) is 8.33. The number of hydrogen-bond donors (Lipinski definition) is 1. The number of sulfonamides is 1. The van der Waals surface area contributed by atoms with Gasteiger partial charge in [0.1, 0.15) is 12.3 Å². The van der Waals surface area contributed by atoms with Gasteiger partial charge in [0.2, 0.25) is 15.9 Å². The molecule has 0 fully saturated rings. The fourth-order valence-electron chi connectivity index (χ4n) is 2.50. The molecule has 0 radical (unpaired) electrons. The zero-order chi connectivity index (χ0) is 20.2. The highest BCUT2D eigenvalue weighted by atomic mass is 35.5. The van der Waals surface area contributed by atoms with Gasteiger partial charge < -0.3 is 10.1 Å². The van der Waals surface area contributed by atoms with E-state index in [1.165, 1.54) is 7.11 Å². The van der Waals surface area contributed by atoms with Crippen molar-refractivity contribution in [2.45, 2.75) is 19.8 Å². The molecule has 0 unspecified atom stereocenters. The predicted octanol–water partition coefficient (Wildman–Crippen LogP) is 3.88. The van der Waals surface area contributed by atoms with Crippen molar-refractivity contribution < 1.29 is 17.9 Å². The van der Waals surface area contributed by atoms with E-state index in [1.54, 1.807) is 30.3 Å². The standard InChI is InChI=1S/C19H23ClN2O4S/c1-13(2)14-5-8-16(9-6-14)22(27(4,24)25)12-19(23)21-15-7-10-18(26-3)17(20)11-15/h5-11,13H,12H2,1-4H3,(H,21,23). The number of carbonyl (C=O) groups excluding carboxylic acids is 1. The maximum Gasteiger partial charge on any atom is 0.245 e. The molecule has 2 aromatic rings. The van der Waals surface area contributed by atoms with E-state index in [9.17, 15) is 13.2 Å². The molecular weight excluding hydrogens is 388 g/mol. The van der Waals surface area contributed by atoms with Crippen molar-refractivity contribution in [3.8, 4) is 5.75 Å². The van der Waals surface area contributed by atoms with Crippen LogP contribution in [0.3, 0.4) is 0 Å². The molecule has 146 valence electrons. The summed E-state index contributed by atoms with van der Waals surface area (Å²) in [6.45, 7) is 3.76. The highest BCUT2D eigenvalue weighted by molar-refractivity contribution is 7.92. The van der Waals surface area contributed by atoms with Gasteiger partial charge in [-0.3, -0.25) is 9.10 Å². The average Bonchev–Trinajstić information content (AvgIpc) is 2.59. The van der Waals surface area contributed by atoms with E-state index in [0.29, 0.717) is 28.1 Å². The molecule has 0 atom stereocenters. The third-order valence-corrected chi connectivity index (χ3v) is 5.41. The van der Waals surface area contributed by atoms with Crippen molar-refractivity contribution in [2.75, 3.05) is 29.5 Å². The number of carbonyl (C=O) groups is 1. The molecule has 6 nitrogen and oxygen atoms in total. The van der Waals surface area contributed by atoms with Crippen molar-refractivity contribution in [1.29, 1.82) is 0 Å². The molecule has 0 spiro atoms. The SMILES string of the molecule is COc1ccc(NC(=O)CN(c2ccc(C(C)C)cc2)S(C)(=O)=O)cc1Cl. The predicted molar refractivity (Wildman–Crippen MR) is 109 cm³/mol. The summed E-state index contributed by atoms with van der Waals surface area (Å²) in [4.78, 5) is 12.4. The Kier molecular flexibility index (Phi) is 6.73. The highest BCUT2D eigenvalue weighted by Gasteiger charge is 2.21. The van der Waals surface area contributed by atoms with E-state index in [-0.39, 0.29) is 6.54 Å². The Morgan fingerprint density at radius 1 is 1.19 bits per heavy atom. The molecule has 0 bridgehead atoms. The molecule has 1 N–H and O–H groups in total. The highest BCUT2D eigenvalue weighted by Crippen LogP contribution is 2.27. The summed E-state index contributed by atoms with van der Waals surface area (Å²) < 4.78 is 30.5. The second-order valence-corrected chi connectivity index (χ2v) is 8.73. The number of anilines is 2. The minimum absolute atomic E-state index is 0.328.